The molecule has 2 aromatic carbocycles. The van der Waals surface area contributed by atoms with Gasteiger partial charge in [-0.1, -0.05) is 30.3 Å². The summed E-state index contributed by atoms with van der Waals surface area (Å²) in [6.45, 7) is 0. The van der Waals surface area contributed by atoms with Gasteiger partial charge in [-0.3, -0.25) is 0 Å². The number of piperidine rings is 1. The van der Waals surface area contributed by atoms with E-state index in [1.807, 2.05) is 48.5 Å². The van der Waals surface area contributed by atoms with Crippen LogP contribution in [0.25, 0.3) is 11.1 Å². The van der Waals surface area contributed by atoms with E-state index in [2.05, 4.69) is 11.4 Å². The first-order valence-corrected chi connectivity index (χ1v) is 8.34. The minimum atomic E-state index is 0.283. The molecular weight excluding hydrogens is 284 g/mol. The summed E-state index contributed by atoms with van der Waals surface area (Å²) in [7, 11) is 0. The number of nitriles is 1. The van der Waals surface area contributed by atoms with Crippen molar-refractivity contribution in [3.05, 3.63) is 54.1 Å². The maximum Gasteiger partial charge on any atom is 0.120 e. The van der Waals surface area contributed by atoms with E-state index in [4.69, 9.17) is 4.74 Å². The van der Waals surface area contributed by atoms with Crippen LogP contribution >= 0.6 is 0 Å². The van der Waals surface area contributed by atoms with Gasteiger partial charge in [0.05, 0.1) is 11.6 Å². The van der Waals surface area contributed by atoms with Gasteiger partial charge in [0.25, 0.3) is 0 Å². The second-order valence-electron chi connectivity index (χ2n) is 6.53. The second kappa shape index (κ2) is 6.06. The van der Waals surface area contributed by atoms with E-state index >= 15 is 0 Å². The van der Waals surface area contributed by atoms with Gasteiger partial charge >= 0.3 is 0 Å². The van der Waals surface area contributed by atoms with Crippen LogP contribution < -0.4 is 10.1 Å². The number of nitrogens with one attached hydrogen (secondary N) is 1. The summed E-state index contributed by atoms with van der Waals surface area (Å²) in [5.74, 6) is 0.870. The molecule has 23 heavy (non-hydrogen) atoms. The molecule has 0 amide bonds. The average molecular weight is 304 g/mol. The Bertz CT molecular complexity index is 723. The number of ether oxygens (including phenoxy) is 1. The van der Waals surface area contributed by atoms with Gasteiger partial charge in [0.2, 0.25) is 0 Å². The fraction of sp³-hybridized carbons (Fsp3) is 0.350. The first-order valence-electron chi connectivity index (χ1n) is 8.34. The fourth-order valence-corrected chi connectivity index (χ4v) is 3.84. The van der Waals surface area contributed by atoms with E-state index in [9.17, 15) is 5.26 Å². The molecule has 116 valence electrons. The number of hydrogen-bond acceptors (Lipinski definition) is 3. The Morgan fingerprint density at radius 2 is 1.74 bits per heavy atom. The van der Waals surface area contributed by atoms with Crippen molar-refractivity contribution in [3.8, 4) is 22.9 Å². The van der Waals surface area contributed by atoms with Crippen LogP contribution in [0.2, 0.25) is 0 Å². The smallest absolute Gasteiger partial charge is 0.120 e. The molecule has 0 radical (unpaired) electrons. The van der Waals surface area contributed by atoms with Crippen LogP contribution in [0, 0.1) is 11.3 Å². The Morgan fingerprint density at radius 1 is 1.00 bits per heavy atom. The Hall–Kier alpha value is -2.31. The van der Waals surface area contributed by atoms with E-state index in [1.54, 1.807) is 0 Å². The van der Waals surface area contributed by atoms with E-state index < -0.39 is 0 Å². The van der Waals surface area contributed by atoms with Gasteiger partial charge in [0.15, 0.2) is 0 Å². The zero-order chi connectivity index (χ0) is 15.6. The van der Waals surface area contributed by atoms with E-state index in [1.165, 1.54) is 12.8 Å². The summed E-state index contributed by atoms with van der Waals surface area (Å²) in [5.41, 5.74) is 2.69. The lowest BCUT2D eigenvalue weighted by Gasteiger charge is -2.29. The SMILES string of the molecule is N#Cc1ccc(OC2C[C@H]3CC[C@@H](C2)N3)cc1-c1ccccc1. The molecule has 3 nitrogen and oxygen atoms in total. The second-order valence-corrected chi connectivity index (χ2v) is 6.53. The predicted molar refractivity (Wildman–Crippen MR) is 90.2 cm³/mol. The molecule has 1 unspecified atom stereocenters. The highest BCUT2D eigenvalue weighted by Crippen LogP contribution is 2.32. The van der Waals surface area contributed by atoms with Crippen LogP contribution in [0.15, 0.2) is 48.5 Å². The van der Waals surface area contributed by atoms with Crippen molar-refractivity contribution in [2.45, 2.75) is 43.9 Å². The monoisotopic (exact) mass is 304 g/mol. The van der Waals surface area contributed by atoms with E-state index in [-0.39, 0.29) is 6.10 Å². The molecule has 2 heterocycles. The van der Waals surface area contributed by atoms with Gasteiger partial charge in [0, 0.05) is 17.6 Å². The number of fused-ring (bicyclic) bond motifs is 2. The van der Waals surface area contributed by atoms with Crippen LogP contribution in [0.4, 0.5) is 0 Å². The molecule has 0 aromatic heterocycles. The van der Waals surface area contributed by atoms with E-state index in [0.717, 1.165) is 29.7 Å². The standard InChI is InChI=1S/C20H20N2O/c21-13-15-6-9-18(12-20(15)14-4-2-1-3-5-14)23-19-10-16-7-8-17(11-19)22-16/h1-6,9,12,16-17,19,22H,7-8,10-11H2/t16-,17+,19?. The molecule has 2 saturated heterocycles. The minimum Gasteiger partial charge on any atom is -0.490 e. The molecule has 1 N–H and O–H groups in total. The first kappa shape index (κ1) is 14.3. The number of nitrogens with zero attached hydrogens (tertiary/aromatic N) is 1. The maximum absolute atomic E-state index is 9.37. The van der Waals surface area contributed by atoms with Gasteiger partial charge in [-0.25, -0.2) is 0 Å². The highest BCUT2D eigenvalue weighted by molar-refractivity contribution is 5.71. The van der Waals surface area contributed by atoms with Crippen molar-refractivity contribution in [2.75, 3.05) is 0 Å². The number of rotatable bonds is 3. The fourth-order valence-electron chi connectivity index (χ4n) is 3.84. The van der Waals surface area contributed by atoms with Crippen molar-refractivity contribution in [1.29, 1.82) is 5.26 Å². The summed E-state index contributed by atoms with van der Waals surface area (Å²) in [6, 6.07) is 19.4. The molecule has 0 spiro atoms. The van der Waals surface area contributed by atoms with Crippen molar-refractivity contribution in [3.63, 3.8) is 0 Å². The highest BCUT2D eigenvalue weighted by Gasteiger charge is 2.34. The average Bonchev–Trinajstić information content (AvgIpc) is 2.94. The summed E-state index contributed by atoms with van der Waals surface area (Å²) in [6.07, 6.45) is 4.99. The first-order chi connectivity index (χ1) is 11.3. The summed E-state index contributed by atoms with van der Waals surface area (Å²) >= 11 is 0. The van der Waals surface area contributed by atoms with Gasteiger partial charge in [-0.05, 0) is 49.4 Å². The Balaban J connectivity index is 1.59. The van der Waals surface area contributed by atoms with Gasteiger partial charge < -0.3 is 10.1 Å². The lowest BCUT2D eigenvalue weighted by Crippen LogP contribution is -2.42. The van der Waals surface area contributed by atoms with Gasteiger partial charge in [-0.15, -0.1) is 0 Å². The van der Waals surface area contributed by atoms with Crippen LogP contribution in [0.1, 0.15) is 31.2 Å². The maximum atomic E-state index is 9.37. The zero-order valence-electron chi connectivity index (χ0n) is 13.0. The van der Waals surface area contributed by atoms with Gasteiger partial charge in [-0.2, -0.15) is 5.26 Å². The molecule has 4 rings (SSSR count). The van der Waals surface area contributed by atoms with E-state index in [0.29, 0.717) is 17.6 Å². The Morgan fingerprint density at radius 3 is 2.43 bits per heavy atom. The molecule has 3 atom stereocenters. The van der Waals surface area contributed by atoms with Crippen molar-refractivity contribution in [2.24, 2.45) is 0 Å². The molecule has 2 aromatic rings. The molecule has 0 aliphatic carbocycles. The Kier molecular flexibility index (Phi) is 3.77. The topological polar surface area (TPSA) is 45.0 Å². The molecule has 2 bridgehead atoms. The lowest BCUT2D eigenvalue weighted by atomic mass is 9.99. The highest BCUT2D eigenvalue weighted by atomic mass is 16.5. The third kappa shape index (κ3) is 2.95. The summed E-state index contributed by atoms with van der Waals surface area (Å²) < 4.78 is 6.25. The number of benzene rings is 2. The van der Waals surface area contributed by atoms with Crippen LogP contribution in [-0.4, -0.2) is 18.2 Å². The molecule has 3 heteroatoms. The van der Waals surface area contributed by atoms with Gasteiger partial charge in [0.1, 0.15) is 11.9 Å². The van der Waals surface area contributed by atoms with Crippen LogP contribution in [0.5, 0.6) is 5.75 Å². The van der Waals surface area contributed by atoms with Crippen molar-refractivity contribution in [1.82, 2.24) is 5.32 Å². The number of hydrogen-bond donors (Lipinski definition) is 1. The molecule has 0 saturated carbocycles. The Labute approximate surface area is 136 Å². The molecule has 2 aliphatic rings. The van der Waals surface area contributed by atoms with Crippen LogP contribution in [-0.2, 0) is 0 Å². The third-order valence-electron chi connectivity index (χ3n) is 4.93. The minimum absolute atomic E-state index is 0.283. The normalized spacial score (nSPS) is 25.8. The summed E-state index contributed by atoms with van der Waals surface area (Å²) in [4.78, 5) is 0. The zero-order valence-corrected chi connectivity index (χ0v) is 13.0. The lowest BCUT2D eigenvalue weighted by molar-refractivity contribution is 0.137. The predicted octanol–water partition coefficient (Wildman–Crippen LogP) is 3.89. The van der Waals surface area contributed by atoms with Crippen LogP contribution in [0.3, 0.4) is 0 Å². The largest absolute Gasteiger partial charge is 0.490 e. The summed E-state index contributed by atoms with van der Waals surface area (Å²) in [5, 5.41) is 13.0. The molecule has 2 aliphatic heterocycles. The van der Waals surface area contributed by atoms with Crippen molar-refractivity contribution < 1.29 is 4.74 Å². The molecule has 2 fully saturated rings. The third-order valence-corrected chi connectivity index (χ3v) is 4.93. The van der Waals surface area contributed by atoms with Crippen molar-refractivity contribution >= 4 is 0 Å². The molecular formula is C20H20N2O. The quantitative estimate of drug-likeness (QED) is 0.935.